The van der Waals surface area contributed by atoms with Crippen LogP contribution in [0.2, 0.25) is 0 Å². The number of halogens is 2. The highest BCUT2D eigenvalue weighted by molar-refractivity contribution is 9.09. The van der Waals surface area contributed by atoms with Crippen molar-refractivity contribution in [2.75, 3.05) is 0 Å². The van der Waals surface area contributed by atoms with E-state index >= 15 is 0 Å². The normalized spacial score (nSPS) is 15.7. The minimum Gasteiger partial charge on any atom is -0.0891 e. The Morgan fingerprint density at radius 3 is 2.00 bits per heavy atom. The lowest BCUT2D eigenvalue weighted by Crippen LogP contribution is -2.06. The topological polar surface area (TPSA) is 0 Å². The zero-order valence-corrected chi connectivity index (χ0v) is 18.4. The van der Waals surface area contributed by atoms with Gasteiger partial charge in [0.05, 0.1) is 0 Å². The van der Waals surface area contributed by atoms with E-state index in [0.717, 1.165) is 5.92 Å². The fourth-order valence-electron chi connectivity index (χ4n) is 2.89. The van der Waals surface area contributed by atoms with E-state index in [1.54, 1.807) is 0 Å². The fraction of sp³-hybridized carbons (Fsp3) is 0.950. The SMILES string of the molecule is CCCCCCCCC(C)CC(Br)CC[CH]CCC(Br)CC. The summed E-state index contributed by atoms with van der Waals surface area (Å²) in [6.07, 6.45) is 20.1. The molecule has 22 heavy (non-hydrogen) atoms. The average Bonchev–Trinajstić information content (AvgIpc) is 2.50. The second-order valence-corrected chi connectivity index (χ2v) is 9.53. The van der Waals surface area contributed by atoms with E-state index in [9.17, 15) is 0 Å². The Labute approximate surface area is 157 Å². The molecule has 0 aromatic heterocycles. The van der Waals surface area contributed by atoms with Crippen molar-refractivity contribution in [1.82, 2.24) is 0 Å². The molecule has 0 heterocycles. The molecule has 0 saturated carbocycles. The Kier molecular flexibility index (Phi) is 17.5. The van der Waals surface area contributed by atoms with Crippen LogP contribution in [0, 0.1) is 12.3 Å². The van der Waals surface area contributed by atoms with E-state index in [2.05, 4.69) is 59.1 Å². The van der Waals surface area contributed by atoms with Gasteiger partial charge in [-0.2, -0.15) is 0 Å². The Bertz CT molecular complexity index is 218. The Morgan fingerprint density at radius 2 is 1.36 bits per heavy atom. The number of hydrogen-bond acceptors (Lipinski definition) is 0. The molecule has 3 unspecified atom stereocenters. The molecule has 0 aromatic carbocycles. The second-order valence-electron chi connectivity index (χ2n) is 6.94. The number of alkyl halides is 2. The first kappa shape index (κ1) is 23.0. The maximum absolute atomic E-state index is 3.89. The predicted octanol–water partition coefficient (Wildman–Crippen LogP) is 8.46. The molecule has 0 aromatic rings. The molecular weight excluding hydrogens is 400 g/mol. The molecule has 1 radical (unpaired) electrons. The molecule has 0 aliphatic carbocycles. The van der Waals surface area contributed by atoms with Crippen LogP contribution in [0.3, 0.4) is 0 Å². The summed E-state index contributed by atoms with van der Waals surface area (Å²) in [7, 11) is 0. The average molecular weight is 439 g/mol. The summed E-state index contributed by atoms with van der Waals surface area (Å²) in [5, 5.41) is 0. The van der Waals surface area contributed by atoms with Crippen molar-refractivity contribution in [3.05, 3.63) is 6.42 Å². The van der Waals surface area contributed by atoms with Gasteiger partial charge in [0.2, 0.25) is 0 Å². The maximum atomic E-state index is 3.89. The lowest BCUT2D eigenvalue weighted by Gasteiger charge is -2.16. The first-order chi connectivity index (χ1) is 10.6. The van der Waals surface area contributed by atoms with Crippen molar-refractivity contribution in [2.45, 2.75) is 114 Å². The van der Waals surface area contributed by atoms with Gasteiger partial charge in [-0.3, -0.25) is 0 Å². The molecule has 0 N–H and O–H groups in total. The maximum Gasteiger partial charge on any atom is 0.0148 e. The van der Waals surface area contributed by atoms with Crippen LogP contribution in [-0.2, 0) is 0 Å². The molecule has 133 valence electrons. The third-order valence-corrected chi connectivity index (χ3v) is 6.46. The smallest absolute Gasteiger partial charge is 0.0148 e. The molecule has 0 fully saturated rings. The van der Waals surface area contributed by atoms with Crippen LogP contribution in [-0.4, -0.2) is 9.65 Å². The summed E-state index contributed by atoms with van der Waals surface area (Å²) in [4.78, 5) is 1.42. The standard InChI is InChI=1S/C20H39Br2/c1-4-6-7-8-9-11-14-18(3)17-20(22)16-13-10-12-15-19(21)5-2/h10,18-20H,4-9,11-17H2,1-3H3. The van der Waals surface area contributed by atoms with Gasteiger partial charge >= 0.3 is 0 Å². The van der Waals surface area contributed by atoms with Gasteiger partial charge in [-0.25, -0.2) is 0 Å². The van der Waals surface area contributed by atoms with Crippen LogP contribution in [0.15, 0.2) is 0 Å². The van der Waals surface area contributed by atoms with Crippen molar-refractivity contribution < 1.29 is 0 Å². The van der Waals surface area contributed by atoms with Crippen LogP contribution in [0.25, 0.3) is 0 Å². The van der Waals surface area contributed by atoms with Crippen molar-refractivity contribution in [1.29, 1.82) is 0 Å². The summed E-state index contributed by atoms with van der Waals surface area (Å²) >= 11 is 7.59. The minimum atomic E-state index is 0.709. The third-order valence-electron chi connectivity index (χ3n) is 4.52. The highest BCUT2D eigenvalue weighted by atomic mass is 79.9. The molecule has 0 saturated heterocycles. The van der Waals surface area contributed by atoms with E-state index in [0.29, 0.717) is 9.65 Å². The number of rotatable bonds is 16. The molecule has 0 nitrogen and oxygen atoms in total. The minimum absolute atomic E-state index is 0.709. The summed E-state index contributed by atoms with van der Waals surface area (Å²) in [5.41, 5.74) is 0. The van der Waals surface area contributed by atoms with Crippen molar-refractivity contribution in [3.63, 3.8) is 0 Å². The highest BCUT2D eigenvalue weighted by Gasteiger charge is 2.10. The Hall–Kier alpha value is 0.960. The Balaban J connectivity index is 3.40. The molecule has 0 amide bonds. The first-order valence-corrected chi connectivity index (χ1v) is 11.5. The quantitative estimate of drug-likeness (QED) is 0.167. The molecule has 0 spiro atoms. The van der Waals surface area contributed by atoms with Gasteiger partial charge in [0.25, 0.3) is 0 Å². The molecule has 0 aliphatic heterocycles. The third kappa shape index (κ3) is 15.8. The molecule has 0 bridgehead atoms. The van der Waals surface area contributed by atoms with E-state index < -0.39 is 0 Å². The van der Waals surface area contributed by atoms with Crippen LogP contribution < -0.4 is 0 Å². The first-order valence-electron chi connectivity index (χ1n) is 9.69. The van der Waals surface area contributed by atoms with Gasteiger partial charge in [-0.15, -0.1) is 0 Å². The van der Waals surface area contributed by atoms with Gasteiger partial charge < -0.3 is 0 Å². The van der Waals surface area contributed by atoms with Crippen LogP contribution >= 0.6 is 31.9 Å². The molecule has 3 atom stereocenters. The van der Waals surface area contributed by atoms with Crippen molar-refractivity contribution in [3.8, 4) is 0 Å². The fourth-order valence-corrected chi connectivity index (χ4v) is 4.06. The van der Waals surface area contributed by atoms with Gasteiger partial charge in [0, 0.05) is 9.65 Å². The van der Waals surface area contributed by atoms with E-state index in [-0.39, 0.29) is 0 Å². The summed E-state index contributed by atoms with van der Waals surface area (Å²) in [5.74, 6) is 0.877. The van der Waals surface area contributed by atoms with Crippen LogP contribution in [0.4, 0.5) is 0 Å². The number of unbranched alkanes of at least 4 members (excludes halogenated alkanes) is 7. The van der Waals surface area contributed by atoms with E-state index in [4.69, 9.17) is 0 Å². The van der Waals surface area contributed by atoms with Gasteiger partial charge in [-0.1, -0.05) is 97.6 Å². The zero-order valence-electron chi connectivity index (χ0n) is 15.3. The largest absolute Gasteiger partial charge is 0.0891 e. The van der Waals surface area contributed by atoms with Gasteiger partial charge in [0.15, 0.2) is 0 Å². The van der Waals surface area contributed by atoms with E-state index in [1.807, 2.05) is 0 Å². The molecular formula is C20H39Br2. The molecule has 2 heteroatoms. The predicted molar refractivity (Wildman–Crippen MR) is 110 cm³/mol. The summed E-state index contributed by atoms with van der Waals surface area (Å²) < 4.78 is 0. The summed E-state index contributed by atoms with van der Waals surface area (Å²) in [6, 6.07) is 0. The lowest BCUT2D eigenvalue weighted by atomic mass is 9.95. The monoisotopic (exact) mass is 437 g/mol. The Morgan fingerprint density at radius 1 is 0.773 bits per heavy atom. The van der Waals surface area contributed by atoms with Gasteiger partial charge in [0.1, 0.15) is 0 Å². The van der Waals surface area contributed by atoms with E-state index in [1.165, 1.54) is 83.5 Å². The zero-order chi connectivity index (χ0) is 16.6. The van der Waals surface area contributed by atoms with Crippen LogP contribution in [0.1, 0.15) is 104 Å². The molecule has 0 rings (SSSR count). The van der Waals surface area contributed by atoms with Crippen molar-refractivity contribution in [2.24, 2.45) is 5.92 Å². The number of hydrogen-bond donors (Lipinski definition) is 0. The van der Waals surface area contributed by atoms with Crippen LogP contribution in [0.5, 0.6) is 0 Å². The molecule has 0 aliphatic rings. The lowest BCUT2D eigenvalue weighted by molar-refractivity contribution is 0.445. The highest BCUT2D eigenvalue weighted by Crippen LogP contribution is 2.23. The summed E-state index contributed by atoms with van der Waals surface area (Å²) in [6.45, 7) is 6.97. The van der Waals surface area contributed by atoms with Crippen molar-refractivity contribution >= 4 is 31.9 Å². The second kappa shape index (κ2) is 16.8. The van der Waals surface area contributed by atoms with Gasteiger partial charge in [-0.05, 0) is 50.9 Å².